The molecule has 0 spiro atoms. The van der Waals surface area contributed by atoms with Crippen LogP contribution in [0.2, 0.25) is 0 Å². The minimum atomic E-state index is -0.494. The van der Waals surface area contributed by atoms with Crippen LogP contribution >= 0.6 is 0 Å². The average Bonchev–Trinajstić information content (AvgIpc) is 2.88. The highest BCUT2D eigenvalue weighted by molar-refractivity contribution is 6.05. The van der Waals surface area contributed by atoms with Crippen LogP contribution in [-0.4, -0.2) is 40.6 Å². The molecule has 1 amide bonds. The lowest BCUT2D eigenvalue weighted by atomic mass is 10.1. The number of fused-ring (bicyclic) bond motifs is 1. The maximum atomic E-state index is 12.9. The second kappa shape index (κ2) is 7.47. The summed E-state index contributed by atoms with van der Waals surface area (Å²) in [6.07, 6.45) is 1.72. The molecule has 148 valence electrons. The van der Waals surface area contributed by atoms with E-state index in [4.69, 9.17) is 4.42 Å². The smallest absolute Gasteiger partial charge is 0.408 e. The molecule has 1 N–H and O–H groups in total. The van der Waals surface area contributed by atoms with Gasteiger partial charge in [-0.1, -0.05) is 0 Å². The summed E-state index contributed by atoms with van der Waals surface area (Å²) in [5.41, 5.74) is 1.80. The van der Waals surface area contributed by atoms with Crippen molar-refractivity contribution in [3.05, 3.63) is 62.5 Å². The zero-order valence-corrected chi connectivity index (χ0v) is 16.6. The number of likely N-dealkylation sites (N-methyl/N-ethyl adjacent to an activating group) is 1. The molecule has 0 fully saturated rings. The van der Waals surface area contributed by atoms with E-state index < -0.39 is 11.7 Å². The molecule has 8 heteroatoms. The van der Waals surface area contributed by atoms with E-state index in [1.165, 1.54) is 4.57 Å². The Morgan fingerprint density at radius 2 is 1.96 bits per heavy atom. The molecule has 3 aromatic rings. The molecule has 0 aliphatic rings. The lowest BCUT2D eigenvalue weighted by Crippen LogP contribution is -2.34. The third-order valence-electron chi connectivity index (χ3n) is 4.71. The summed E-state index contributed by atoms with van der Waals surface area (Å²) >= 11 is 0. The predicted octanol–water partition coefficient (Wildman–Crippen LogP) is 1.98. The molecule has 0 aliphatic carbocycles. The van der Waals surface area contributed by atoms with Gasteiger partial charge < -0.3 is 19.2 Å². The molecule has 2 aromatic heterocycles. The van der Waals surface area contributed by atoms with Gasteiger partial charge in [0.25, 0.3) is 11.5 Å². The SMILES string of the molecule is Cc1ccn(C(C)CN(C)C)c(=O)c1C(=O)Nc1ccc2c(c1)oc(=O)n2C. The maximum absolute atomic E-state index is 12.9. The molecule has 0 aliphatic heterocycles. The number of oxazole rings is 1. The lowest BCUT2D eigenvalue weighted by molar-refractivity contribution is 0.102. The Morgan fingerprint density at radius 1 is 1.25 bits per heavy atom. The number of benzene rings is 1. The highest BCUT2D eigenvalue weighted by Gasteiger charge is 2.19. The molecule has 1 atom stereocenters. The molecule has 0 saturated heterocycles. The summed E-state index contributed by atoms with van der Waals surface area (Å²) in [7, 11) is 5.47. The predicted molar refractivity (Wildman–Crippen MR) is 108 cm³/mol. The Balaban J connectivity index is 1.94. The van der Waals surface area contributed by atoms with Crippen LogP contribution in [0.5, 0.6) is 0 Å². The first-order chi connectivity index (χ1) is 13.2. The van der Waals surface area contributed by atoms with Crippen LogP contribution in [0.15, 0.2) is 44.5 Å². The number of rotatable bonds is 5. The third kappa shape index (κ3) is 3.63. The van der Waals surface area contributed by atoms with Gasteiger partial charge in [-0.2, -0.15) is 0 Å². The fraction of sp³-hybridized carbons (Fsp3) is 0.350. The van der Waals surface area contributed by atoms with Crippen molar-refractivity contribution >= 4 is 22.7 Å². The Morgan fingerprint density at radius 3 is 2.64 bits per heavy atom. The number of aromatic nitrogens is 2. The molecular formula is C20H24N4O4. The van der Waals surface area contributed by atoms with E-state index >= 15 is 0 Å². The van der Waals surface area contributed by atoms with Crippen LogP contribution in [0.25, 0.3) is 11.1 Å². The molecule has 2 heterocycles. The Labute approximate surface area is 162 Å². The maximum Gasteiger partial charge on any atom is 0.419 e. The van der Waals surface area contributed by atoms with E-state index in [1.807, 2.05) is 25.9 Å². The van der Waals surface area contributed by atoms with Gasteiger partial charge in [-0.15, -0.1) is 0 Å². The number of aryl methyl sites for hydroxylation is 2. The minimum absolute atomic E-state index is 0.0791. The summed E-state index contributed by atoms with van der Waals surface area (Å²) in [5.74, 6) is -0.971. The number of pyridine rings is 1. The summed E-state index contributed by atoms with van der Waals surface area (Å²) in [6.45, 7) is 4.34. The summed E-state index contributed by atoms with van der Waals surface area (Å²) < 4.78 is 8.10. The first-order valence-corrected chi connectivity index (χ1v) is 8.96. The number of carbonyl (C=O) groups excluding carboxylic acids is 1. The van der Waals surface area contributed by atoms with Crippen LogP contribution in [0, 0.1) is 6.92 Å². The van der Waals surface area contributed by atoms with Crippen LogP contribution in [0.4, 0.5) is 5.69 Å². The Kier molecular flexibility index (Phi) is 5.24. The fourth-order valence-corrected chi connectivity index (χ4v) is 3.29. The summed E-state index contributed by atoms with van der Waals surface area (Å²) in [4.78, 5) is 39.4. The van der Waals surface area contributed by atoms with Crippen molar-refractivity contribution in [2.24, 2.45) is 7.05 Å². The number of hydrogen-bond acceptors (Lipinski definition) is 5. The van der Waals surface area contributed by atoms with Gasteiger partial charge in [0.05, 0.1) is 5.52 Å². The number of amides is 1. The number of carbonyl (C=O) groups is 1. The van der Waals surface area contributed by atoms with Gasteiger partial charge in [0.1, 0.15) is 5.56 Å². The van der Waals surface area contributed by atoms with Crippen LogP contribution < -0.4 is 16.6 Å². The van der Waals surface area contributed by atoms with Crippen molar-refractivity contribution in [2.45, 2.75) is 19.9 Å². The average molecular weight is 384 g/mol. The van der Waals surface area contributed by atoms with Gasteiger partial charge >= 0.3 is 5.76 Å². The standard InChI is InChI=1S/C20H24N4O4/c1-12-8-9-24(13(2)11-22(3)4)19(26)17(12)18(25)21-14-6-7-15-16(10-14)28-20(27)23(15)5/h6-10,13H,11H2,1-5H3,(H,21,25). The number of hydrogen-bond donors (Lipinski definition) is 1. The lowest BCUT2D eigenvalue weighted by Gasteiger charge is -2.20. The highest BCUT2D eigenvalue weighted by atomic mass is 16.4. The quantitative estimate of drug-likeness (QED) is 0.727. The molecule has 0 radical (unpaired) electrons. The topological polar surface area (TPSA) is 89.5 Å². The van der Waals surface area contributed by atoms with Crippen LogP contribution in [0.1, 0.15) is 28.9 Å². The molecule has 0 saturated carbocycles. The monoisotopic (exact) mass is 384 g/mol. The number of nitrogens with one attached hydrogen (secondary N) is 1. The number of anilines is 1. The normalized spacial score (nSPS) is 12.5. The Bertz CT molecular complexity index is 1150. The van der Waals surface area contributed by atoms with Crippen molar-refractivity contribution in [3.63, 3.8) is 0 Å². The molecule has 1 aromatic carbocycles. The highest BCUT2D eigenvalue weighted by Crippen LogP contribution is 2.19. The molecule has 28 heavy (non-hydrogen) atoms. The van der Waals surface area contributed by atoms with Crippen LogP contribution in [-0.2, 0) is 7.05 Å². The molecule has 8 nitrogen and oxygen atoms in total. The number of nitrogens with zero attached hydrogens (tertiary/aromatic N) is 3. The Hall–Kier alpha value is -3.13. The van der Waals surface area contributed by atoms with Crippen molar-refractivity contribution in [2.75, 3.05) is 26.0 Å². The van der Waals surface area contributed by atoms with Crippen molar-refractivity contribution in [3.8, 4) is 0 Å². The first kappa shape index (κ1) is 19.6. The van der Waals surface area contributed by atoms with Gasteiger partial charge in [0.15, 0.2) is 5.58 Å². The first-order valence-electron chi connectivity index (χ1n) is 8.96. The molecule has 1 unspecified atom stereocenters. The fourth-order valence-electron chi connectivity index (χ4n) is 3.29. The second-order valence-corrected chi connectivity index (χ2v) is 7.26. The minimum Gasteiger partial charge on any atom is -0.408 e. The van der Waals surface area contributed by atoms with Gasteiger partial charge in [0.2, 0.25) is 0 Å². The van der Waals surface area contributed by atoms with Gasteiger partial charge in [-0.05, 0) is 51.7 Å². The summed E-state index contributed by atoms with van der Waals surface area (Å²) in [5, 5.41) is 2.73. The summed E-state index contributed by atoms with van der Waals surface area (Å²) in [6, 6.07) is 6.61. The van der Waals surface area contributed by atoms with Gasteiger partial charge in [-0.25, -0.2) is 4.79 Å². The third-order valence-corrected chi connectivity index (χ3v) is 4.71. The van der Waals surface area contributed by atoms with E-state index in [1.54, 1.807) is 49.0 Å². The van der Waals surface area contributed by atoms with Crippen molar-refractivity contribution in [1.29, 1.82) is 0 Å². The van der Waals surface area contributed by atoms with Gasteiger partial charge in [0, 0.05) is 37.6 Å². The second-order valence-electron chi connectivity index (χ2n) is 7.26. The molecule has 3 rings (SSSR count). The van der Waals surface area contributed by atoms with Crippen molar-refractivity contribution < 1.29 is 9.21 Å². The van der Waals surface area contributed by atoms with Crippen molar-refractivity contribution in [1.82, 2.24) is 14.0 Å². The van der Waals surface area contributed by atoms with Gasteiger partial charge in [-0.3, -0.25) is 14.2 Å². The van der Waals surface area contributed by atoms with Crippen LogP contribution in [0.3, 0.4) is 0 Å². The zero-order valence-electron chi connectivity index (χ0n) is 16.6. The van der Waals surface area contributed by atoms with E-state index in [9.17, 15) is 14.4 Å². The largest absolute Gasteiger partial charge is 0.419 e. The van der Waals surface area contributed by atoms with E-state index in [0.717, 1.165) is 0 Å². The van der Waals surface area contributed by atoms with E-state index in [-0.39, 0.29) is 17.2 Å². The zero-order chi connectivity index (χ0) is 20.6. The molecule has 0 bridgehead atoms. The molecular weight excluding hydrogens is 360 g/mol. The van der Waals surface area contributed by atoms with E-state index in [2.05, 4.69) is 5.32 Å². The van der Waals surface area contributed by atoms with E-state index in [0.29, 0.717) is 28.9 Å².